The lowest BCUT2D eigenvalue weighted by Crippen LogP contribution is -2.20. The molecule has 1 aromatic carbocycles. The fourth-order valence-corrected chi connectivity index (χ4v) is 4.01. The van der Waals surface area contributed by atoms with E-state index in [2.05, 4.69) is 39.1 Å². The van der Waals surface area contributed by atoms with Crippen LogP contribution in [-0.4, -0.2) is 34.1 Å². The van der Waals surface area contributed by atoms with Crippen molar-refractivity contribution in [3.8, 4) is 11.3 Å². The van der Waals surface area contributed by atoms with E-state index in [1.54, 1.807) is 0 Å². The van der Waals surface area contributed by atoms with Crippen LogP contribution in [0.1, 0.15) is 40.7 Å². The maximum Gasteiger partial charge on any atom is 0.341 e. The van der Waals surface area contributed by atoms with Crippen LogP contribution < -0.4 is 10.5 Å². The third-order valence-corrected chi connectivity index (χ3v) is 5.62. The van der Waals surface area contributed by atoms with Gasteiger partial charge in [-0.25, -0.2) is 4.79 Å². The number of hydrogen-bond donors (Lipinski definition) is 2. The SMILES string of the molecule is CCc1cc(C(=O)O)c(=O)[nH]c1-c1ccc(N2CCC(c3ccncc3)C2)cc1. The van der Waals surface area contributed by atoms with Gasteiger partial charge in [-0.1, -0.05) is 19.1 Å². The van der Waals surface area contributed by atoms with Crippen molar-refractivity contribution in [2.75, 3.05) is 18.0 Å². The molecule has 0 spiro atoms. The van der Waals surface area contributed by atoms with Gasteiger partial charge in [-0.15, -0.1) is 0 Å². The maximum absolute atomic E-state index is 12.1. The first-order chi connectivity index (χ1) is 14.1. The molecule has 6 heteroatoms. The van der Waals surface area contributed by atoms with Gasteiger partial charge in [0.1, 0.15) is 5.56 Å². The Labute approximate surface area is 168 Å². The van der Waals surface area contributed by atoms with Gasteiger partial charge in [0.2, 0.25) is 0 Å². The molecule has 1 fully saturated rings. The third kappa shape index (κ3) is 3.78. The monoisotopic (exact) mass is 389 g/mol. The molecule has 3 aromatic rings. The Kier molecular flexibility index (Phi) is 5.16. The van der Waals surface area contributed by atoms with Crippen molar-refractivity contribution in [1.29, 1.82) is 0 Å². The number of carbonyl (C=O) groups is 1. The summed E-state index contributed by atoms with van der Waals surface area (Å²) >= 11 is 0. The summed E-state index contributed by atoms with van der Waals surface area (Å²) < 4.78 is 0. The van der Waals surface area contributed by atoms with Crippen molar-refractivity contribution < 1.29 is 9.90 Å². The number of aromatic amines is 1. The Balaban J connectivity index is 1.57. The second-order valence-electron chi connectivity index (χ2n) is 7.33. The van der Waals surface area contributed by atoms with E-state index in [1.165, 1.54) is 11.6 Å². The van der Waals surface area contributed by atoms with Crippen LogP contribution in [0.25, 0.3) is 11.3 Å². The minimum Gasteiger partial charge on any atom is -0.477 e. The summed E-state index contributed by atoms with van der Waals surface area (Å²) in [6.07, 6.45) is 5.42. The van der Waals surface area contributed by atoms with Crippen LogP contribution in [0.5, 0.6) is 0 Å². The number of nitrogens with one attached hydrogen (secondary N) is 1. The quantitative estimate of drug-likeness (QED) is 0.695. The summed E-state index contributed by atoms with van der Waals surface area (Å²) in [5.74, 6) is -0.704. The highest BCUT2D eigenvalue weighted by Crippen LogP contribution is 2.32. The fourth-order valence-electron chi connectivity index (χ4n) is 4.01. The second-order valence-corrected chi connectivity index (χ2v) is 7.33. The average molecular weight is 389 g/mol. The number of rotatable bonds is 5. The van der Waals surface area contributed by atoms with Crippen molar-refractivity contribution in [1.82, 2.24) is 9.97 Å². The van der Waals surface area contributed by atoms with E-state index >= 15 is 0 Å². The molecule has 2 aromatic heterocycles. The van der Waals surface area contributed by atoms with Gasteiger partial charge in [0.15, 0.2) is 0 Å². The first kappa shape index (κ1) is 18.9. The molecule has 148 valence electrons. The summed E-state index contributed by atoms with van der Waals surface area (Å²) in [5.41, 5.74) is 4.05. The summed E-state index contributed by atoms with van der Waals surface area (Å²) in [6.45, 7) is 3.91. The van der Waals surface area contributed by atoms with E-state index in [4.69, 9.17) is 0 Å². The Bertz CT molecular complexity index is 1070. The minimum atomic E-state index is -1.21. The number of nitrogens with zero attached hydrogens (tertiary/aromatic N) is 2. The molecular formula is C23H23N3O3. The first-order valence-electron chi connectivity index (χ1n) is 9.81. The number of anilines is 1. The van der Waals surface area contributed by atoms with Crippen LogP contribution in [0, 0.1) is 0 Å². The van der Waals surface area contributed by atoms with Gasteiger partial charge >= 0.3 is 5.97 Å². The number of aryl methyl sites for hydroxylation is 1. The Morgan fingerprint density at radius 2 is 1.93 bits per heavy atom. The number of benzene rings is 1. The molecular weight excluding hydrogens is 366 g/mol. The molecule has 1 aliphatic rings. The van der Waals surface area contributed by atoms with Crippen LogP contribution in [0.3, 0.4) is 0 Å². The number of aromatic carboxylic acids is 1. The van der Waals surface area contributed by atoms with E-state index in [9.17, 15) is 14.7 Å². The molecule has 1 unspecified atom stereocenters. The summed E-state index contributed by atoms with van der Waals surface area (Å²) in [6, 6.07) is 13.7. The Morgan fingerprint density at radius 3 is 2.59 bits per heavy atom. The van der Waals surface area contributed by atoms with Crippen LogP contribution in [0.2, 0.25) is 0 Å². The lowest BCUT2D eigenvalue weighted by Gasteiger charge is -2.19. The summed E-state index contributed by atoms with van der Waals surface area (Å²) in [5, 5.41) is 9.18. The second kappa shape index (κ2) is 7.91. The zero-order chi connectivity index (χ0) is 20.4. The molecule has 2 N–H and O–H groups in total. The molecule has 0 bridgehead atoms. The van der Waals surface area contributed by atoms with Crippen molar-refractivity contribution >= 4 is 11.7 Å². The molecule has 3 heterocycles. The highest BCUT2D eigenvalue weighted by molar-refractivity contribution is 5.88. The van der Waals surface area contributed by atoms with Gasteiger partial charge in [0.25, 0.3) is 5.56 Å². The predicted molar refractivity (Wildman–Crippen MR) is 113 cm³/mol. The largest absolute Gasteiger partial charge is 0.477 e. The molecule has 1 saturated heterocycles. The predicted octanol–water partition coefficient (Wildman–Crippen LogP) is 3.69. The number of carboxylic acid groups (broad SMARTS) is 1. The lowest BCUT2D eigenvalue weighted by molar-refractivity contribution is 0.0695. The van der Waals surface area contributed by atoms with Crippen molar-refractivity contribution in [3.05, 3.63) is 81.9 Å². The molecule has 0 radical (unpaired) electrons. The highest BCUT2D eigenvalue weighted by Gasteiger charge is 2.24. The van der Waals surface area contributed by atoms with Crippen LogP contribution in [-0.2, 0) is 6.42 Å². The molecule has 0 amide bonds. The number of hydrogen-bond acceptors (Lipinski definition) is 4. The van der Waals surface area contributed by atoms with E-state index in [1.807, 2.05) is 31.5 Å². The molecule has 1 aliphatic heterocycles. The molecule has 6 nitrogen and oxygen atoms in total. The van der Waals surface area contributed by atoms with Gasteiger partial charge in [0.05, 0.1) is 5.69 Å². The summed E-state index contributed by atoms with van der Waals surface area (Å²) in [4.78, 5) is 32.6. The average Bonchev–Trinajstić information content (AvgIpc) is 3.24. The van der Waals surface area contributed by atoms with Gasteiger partial charge in [0, 0.05) is 37.1 Å². The van der Waals surface area contributed by atoms with E-state index in [0.717, 1.165) is 36.3 Å². The van der Waals surface area contributed by atoms with Crippen molar-refractivity contribution in [2.45, 2.75) is 25.7 Å². The zero-order valence-electron chi connectivity index (χ0n) is 16.3. The molecule has 29 heavy (non-hydrogen) atoms. The standard InChI is InChI=1S/C23H23N3O3/c1-2-15-13-20(23(28)29)22(27)25-21(15)17-3-5-19(6-4-17)26-12-9-18(14-26)16-7-10-24-11-8-16/h3-8,10-11,13,18H,2,9,12,14H2,1H3,(H,25,27)(H,28,29). The van der Waals surface area contributed by atoms with Crippen LogP contribution in [0.15, 0.2) is 59.7 Å². The first-order valence-corrected chi connectivity index (χ1v) is 9.81. The lowest BCUT2D eigenvalue weighted by atomic mass is 10.00. The van der Waals surface area contributed by atoms with Gasteiger partial charge in [-0.3, -0.25) is 9.78 Å². The topological polar surface area (TPSA) is 86.3 Å². The zero-order valence-corrected chi connectivity index (χ0v) is 16.3. The number of pyridine rings is 2. The smallest absolute Gasteiger partial charge is 0.341 e. The van der Waals surface area contributed by atoms with Crippen molar-refractivity contribution in [3.63, 3.8) is 0 Å². The van der Waals surface area contributed by atoms with E-state index < -0.39 is 11.5 Å². The van der Waals surface area contributed by atoms with Crippen LogP contribution >= 0.6 is 0 Å². The highest BCUT2D eigenvalue weighted by atomic mass is 16.4. The molecule has 1 atom stereocenters. The van der Waals surface area contributed by atoms with Crippen molar-refractivity contribution in [2.24, 2.45) is 0 Å². The van der Waals surface area contributed by atoms with Gasteiger partial charge < -0.3 is 15.0 Å². The maximum atomic E-state index is 12.1. The fraction of sp³-hybridized carbons (Fsp3) is 0.261. The number of carboxylic acids is 1. The molecule has 0 aliphatic carbocycles. The normalized spacial score (nSPS) is 16.2. The van der Waals surface area contributed by atoms with Crippen LogP contribution in [0.4, 0.5) is 5.69 Å². The third-order valence-electron chi connectivity index (χ3n) is 5.62. The van der Waals surface area contributed by atoms with Gasteiger partial charge in [-0.05, 0) is 59.9 Å². The van der Waals surface area contributed by atoms with E-state index in [-0.39, 0.29) is 5.56 Å². The molecule has 0 saturated carbocycles. The number of H-pyrrole nitrogens is 1. The minimum absolute atomic E-state index is 0.221. The Morgan fingerprint density at radius 1 is 1.21 bits per heavy atom. The van der Waals surface area contributed by atoms with Gasteiger partial charge in [-0.2, -0.15) is 0 Å². The number of aromatic nitrogens is 2. The van der Waals surface area contributed by atoms with E-state index in [0.29, 0.717) is 18.0 Å². The molecule has 4 rings (SSSR count). The Hall–Kier alpha value is -3.41. The summed E-state index contributed by atoms with van der Waals surface area (Å²) in [7, 11) is 0.